The molecule has 0 saturated carbocycles. The zero-order chi connectivity index (χ0) is 11.7. The fourth-order valence-corrected chi connectivity index (χ4v) is 1.75. The number of aromatic nitrogens is 2. The van der Waals surface area contributed by atoms with Crippen LogP contribution < -0.4 is 10.2 Å². The van der Waals surface area contributed by atoms with Crippen LogP contribution >= 0.6 is 0 Å². The summed E-state index contributed by atoms with van der Waals surface area (Å²) in [6, 6.07) is 1.37. The third-order valence-electron chi connectivity index (χ3n) is 2.43. The Kier molecular flexibility index (Phi) is 2.51. The Hall–Kier alpha value is -2.05. The monoisotopic (exact) mass is 224 g/mol. The molecule has 7 heteroatoms. The molecule has 0 bridgehead atoms. The molecular formula is C9H12N4O3. The van der Waals surface area contributed by atoms with E-state index in [0.717, 1.165) is 0 Å². The van der Waals surface area contributed by atoms with Crippen LogP contribution in [0.4, 0.5) is 10.6 Å². The van der Waals surface area contributed by atoms with Crippen LogP contribution in [0.3, 0.4) is 0 Å². The van der Waals surface area contributed by atoms with Gasteiger partial charge in [0, 0.05) is 32.3 Å². The Bertz CT molecular complexity index is 428. The number of carbonyl (C=O) groups excluding carboxylic acids is 1. The highest BCUT2D eigenvalue weighted by Gasteiger charge is 2.32. The second kappa shape index (κ2) is 3.84. The Balaban J connectivity index is 2.08. The summed E-state index contributed by atoms with van der Waals surface area (Å²) in [7, 11) is 1.76. The van der Waals surface area contributed by atoms with Crippen LogP contribution in [0.2, 0.25) is 0 Å². The van der Waals surface area contributed by atoms with Gasteiger partial charge in [-0.25, -0.2) is 4.79 Å². The van der Waals surface area contributed by atoms with Crippen molar-refractivity contribution in [3.05, 3.63) is 12.3 Å². The van der Waals surface area contributed by atoms with Gasteiger partial charge < -0.3 is 10.4 Å². The predicted octanol–water partition coefficient (Wildman–Crippen LogP) is -0.207. The van der Waals surface area contributed by atoms with Crippen LogP contribution in [-0.4, -0.2) is 39.5 Å². The van der Waals surface area contributed by atoms with E-state index in [4.69, 9.17) is 5.11 Å². The highest BCUT2D eigenvalue weighted by molar-refractivity contribution is 5.95. The average molecular weight is 224 g/mol. The molecule has 0 radical (unpaired) electrons. The lowest BCUT2D eigenvalue weighted by atomic mass is 10.3. The van der Waals surface area contributed by atoms with E-state index >= 15 is 0 Å². The molecule has 7 nitrogen and oxygen atoms in total. The van der Waals surface area contributed by atoms with Crippen LogP contribution in [0.25, 0.3) is 0 Å². The minimum atomic E-state index is -1.11. The number of nitrogens with one attached hydrogen (secondary N) is 1. The summed E-state index contributed by atoms with van der Waals surface area (Å²) < 4.78 is 1.60. The van der Waals surface area contributed by atoms with Gasteiger partial charge in [-0.15, -0.1) is 0 Å². The fourth-order valence-electron chi connectivity index (χ4n) is 1.75. The van der Waals surface area contributed by atoms with Crippen LogP contribution in [0.5, 0.6) is 0 Å². The number of carboxylic acid groups (broad SMARTS) is 1. The Morgan fingerprint density at radius 1 is 1.69 bits per heavy atom. The molecular weight excluding hydrogens is 212 g/mol. The van der Waals surface area contributed by atoms with E-state index in [2.05, 4.69) is 10.4 Å². The number of rotatable bonds is 2. The first-order valence-electron chi connectivity index (χ1n) is 4.86. The maximum absolute atomic E-state index is 11.6. The number of carbonyl (C=O) groups is 2. The fraction of sp³-hybridized carbons (Fsp3) is 0.444. The largest absolute Gasteiger partial charge is 0.465 e. The smallest absolute Gasteiger partial charge is 0.404 e. The third kappa shape index (κ3) is 1.97. The Morgan fingerprint density at radius 3 is 3.00 bits per heavy atom. The van der Waals surface area contributed by atoms with Gasteiger partial charge in [0.25, 0.3) is 0 Å². The first-order chi connectivity index (χ1) is 7.56. The molecule has 86 valence electrons. The number of nitrogens with zero attached hydrogens (tertiary/aromatic N) is 3. The van der Waals surface area contributed by atoms with E-state index in [0.29, 0.717) is 12.4 Å². The van der Waals surface area contributed by atoms with Crippen molar-refractivity contribution in [1.29, 1.82) is 0 Å². The molecule has 1 saturated heterocycles. The summed E-state index contributed by atoms with van der Waals surface area (Å²) in [6.45, 7) is 0.335. The molecule has 2 rings (SSSR count). The first-order valence-corrected chi connectivity index (χ1v) is 4.86. The van der Waals surface area contributed by atoms with Gasteiger partial charge in [0.2, 0.25) is 5.91 Å². The summed E-state index contributed by atoms with van der Waals surface area (Å²) in [6.07, 6.45) is 0.810. The molecule has 16 heavy (non-hydrogen) atoms. The van der Waals surface area contributed by atoms with Crippen LogP contribution in [0, 0.1) is 0 Å². The van der Waals surface area contributed by atoms with Crippen LogP contribution in [0.15, 0.2) is 12.3 Å². The van der Waals surface area contributed by atoms with Crippen LogP contribution in [-0.2, 0) is 11.8 Å². The molecule has 2 N–H and O–H groups in total. The number of amides is 2. The number of hydrogen-bond donors (Lipinski definition) is 2. The van der Waals surface area contributed by atoms with Crippen molar-refractivity contribution in [2.45, 2.75) is 12.5 Å². The standard InChI is InChI=1S/C9H12N4O3/c1-12-3-2-7(11-12)13-5-6(4-8(13)14)10-9(15)16/h2-3,6,10H,4-5H2,1H3,(H,15,16)/t6-/m0/s1. The maximum Gasteiger partial charge on any atom is 0.404 e. The van der Waals surface area contributed by atoms with Gasteiger partial charge >= 0.3 is 6.09 Å². The molecule has 0 spiro atoms. The second-order valence-electron chi connectivity index (χ2n) is 3.70. The van der Waals surface area contributed by atoms with E-state index in [1.165, 1.54) is 4.90 Å². The van der Waals surface area contributed by atoms with Crippen LogP contribution in [0.1, 0.15) is 6.42 Å². The molecule has 1 aliphatic rings. The molecule has 1 aliphatic heterocycles. The minimum Gasteiger partial charge on any atom is -0.465 e. The Morgan fingerprint density at radius 2 is 2.44 bits per heavy atom. The van der Waals surface area contributed by atoms with Gasteiger partial charge in [-0.2, -0.15) is 5.10 Å². The van der Waals surface area contributed by atoms with Gasteiger partial charge in [-0.1, -0.05) is 0 Å². The predicted molar refractivity (Wildman–Crippen MR) is 55.1 cm³/mol. The van der Waals surface area contributed by atoms with Gasteiger partial charge in [0.05, 0.1) is 6.04 Å². The van der Waals surface area contributed by atoms with E-state index in [9.17, 15) is 9.59 Å². The number of aryl methyl sites for hydroxylation is 1. The summed E-state index contributed by atoms with van der Waals surface area (Å²) >= 11 is 0. The van der Waals surface area contributed by atoms with E-state index in [-0.39, 0.29) is 18.4 Å². The van der Waals surface area contributed by atoms with Crippen molar-refractivity contribution in [2.75, 3.05) is 11.4 Å². The lowest BCUT2D eigenvalue weighted by Crippen LogP contribution is -2.36. The molecule has 1 aromatic heterocycles. The molecule has 0 unspecified atom stereocenters. The SMILES string of the molecule is Cn1ccc(N2C[C@@H](NC(=O)O)CC2=O)n1. The first kappa shape index (κ1) is 10.5. The van der Waals surface area contributed by atoms with E-state index in [1.54, 1.807) is 24.0 Å². The zero-order valence-corrected chi connectivity index (χ0v) is 8.75. The number of anilines is 1. The second-order valence-corrected chi connectivity index (χ2v) is 3.70. The Labute approximate surface area is 91.6 Å². The molecule has 2 heterocycles. The van der Waals surface area contributed by atoms with Gasteiger partial charge in [0.1, 0.15) is 0 Å². The van der Waals surface area contributed by atoms with Crippen molar-refractivity contribution in [1.82, 2.24) is 15.1 Å². The summed E-state index contributed by atoms with van der Waals surface area (Å²) in [5.74, 6) is 0.444. The van der Waals surface area contributed by atoms with Gasteiger partial charge in [0.15, 0.2) is 5.82 Å². The lowest BCUT2D eigenvalue weighted by molar-refractivity contribution is -0.117. The average Bonchev–Trinajstić information content (AvgIpc) is 2.72. The number of hydrogen-bond acceptors (Lipinski definition) is 3. The van der Waals surface area contributed by atoms with Crippen molar-refractivity contribution < 1.29 is 14.7 Å². The molecule has 1 atom stereocenters. The summed E-state index contributed by atoms with van der Waals surface area (Å²) in [5, 5.41) is 15.0. The normalized spacial score (nSPS) is 20.2. The highest BCUT2D eigenvalue weighted by atomic mass is 16.4. The van der Waals surface area contributed by atoms with E-state index < -0.39 is 6.09 Å². The van der Waals surface area contributed by atoms with Crippen molar-refractivity contribution >= 4 is 17.8 Å². The highest BCUT2D eigenvalue weighted by Crippen LogP contribution is 2.18. The topological polar surface area (TPSA) is 87.5 Å². The molecule has 1 fully saturated rings. The van der Waals surface area contributed by atoms with Crippen molar-refractivity contribution in [3.63, 3.8) is 0 Å². The van der Waals surface area contributed by atoms with Gasteiger partial charge in [-0.3, -0.25) is 14.4 Å². The van der Waals surface area contributed by atoms with E-state index in [1.807, 2.05) is 0 Å². The zero-order valence-electron chi connectivity index (χ0n) is 8.75. The van der Waals surface area contributed by atoms with Crippen molar-refractivity contribution in [3.8, 4) is 0 Å². The van der Waals surface area contributed by atoms with Gasteiger partial charge in [-0.05, 0) is 0 Å². The summed E-state index contributed by atoms with van der Waals surface area (Å²) in [5.41, 5.74) is 0. The maximum atomic E-state index is 11.6. The molecule has 1 aromatic rings. The molecule has 0 aliphatic carbocycles. The summed E-state index contributed by atoms with van der Waals surface area (Å²) in [4.78, 5) is 23.6. The minimum absolute atomic E-state index is 0.113. The lowest BCUT2D eigenvalue weighted by Gasteiger charge is -2.13. The van der Waals surface area contributed by atoms with Crippen molar-refractivity contribution in [2.24, 2.45) is 7.05 Å². The third-order valence-corrected chi connectivity index (χ3v) is 2.43. The molecule has 0 aromatic carbocycles. The molecule has 2 amide bonds. The quantitative estimate of drug-likeness (QED) is 0.727.